The van der Waals surface area contributed by atoms with Crippen molar-refractivity contribution in [2.45, 2.75) is 58.4 Å². The van der Waals surface area contributed by atoms with Gasteiger partial charge in [0.05, 0.1) is 17.5 Å². The SMILES string of the molecule is CCCC(CC1CCN(C[C@H]2CN(Cc3ccc(Cl)cc3Cl)C[C@@H]2c2nc(C)co2)CC1)C(=O)O. The van der Waals surface area contributed by atoms with Crippen molar-refractivity contribution in [3.05, 3.63) is 51.7 Å². The molecule has 1 N–H and O–H groups in total. The molecule has 1 aromatic heterocycles. The highest BCUT2D eigenvalue weighted by Crippen LogP contribution is 2.36. The molecule has 0 saturated carbocycles. The summed E-state index contributed by atoms with van der Waals surface area (Å²) in [6, 6.07) is 5.71. The van der Waals surface area contributed by atoms with Gasteiger partial charge in [0.1, 0.15) is 6.26 Å². The van der Waals surface area contributed by atoms with Gasteiger partial charge >= 0.3 is 5.97 Å². The Morgan fingerprint density at radius 3 is 2.63 bits per heavy atom. The van der Waals surface area contributed by atoms with Crippen LogP contribution >= 0.6 is 23.2 Å². The van der Waals surface area contributed by atoms with Crippen molar-refractivity contribution in [3.63, 3.8) is 0 Å². The van der Waals surface area contributed by atoms with Crippen LogP contribution in [-0.4, -0.2) is 58.6 Å². The van der Waals surface area contributed by atoms with Gasteiger partial charge in [-0.3, -0.25) is 9.69 Å². The van der Waals surface area contributed by atoms with Crippen LogP contribution in [0.3, 0.4) is 0 Å². The lowest BCUT2D eigenvalue weighted by Gasteiger charge is -2.35. The van der Waals surface area contributed by atoms with E-state index in [0.29, 0.717) is 21.9 Å². The number of aryl methyl sites for hydroxylation is 1. The average Bonchev–Trinajstić information content (AvgIpc) is 3.42. The maximum absolute atomic E-state index is 11.6. The molecule has 0 spiro atoms. The molecule has 2 fully saturated rings. The summed E-state index contributed by atoms with van der Waals surface area (Å²) in [5.41, 5.74) is 2.00. The van der Waals surface area contributed by atoms with Gasteiger partial charge in [0, 0.05) is 36.2 Å². The summed E-state index contributed by atoms with van der Waals surface area (Å²) in [7, 11) is 0. The normalized spacial score (nSPS) is 23.1. The fraction of sp³-hybridized carbons (Fsp3) is 0.630. The zero-order valence-electron chi connectivity index (χ0n) is 20.8. The van der Waals surface area contributed by atoms with Crippen molar-refractivity contribution in [3.8, 4) is 0 Å². The number of carboxylic acids is 1. The lowest BCUT2D eigenvalue weighted by Crippen LogP contribution is -2.39. The molecule has 1 unspecified atom stereocenters. The summed E-state index contributed by atoms with van der Waals surface area (Å²) in [6.07, 6.45) is 6.42. The number of halogens is 2. The van der Waals surface area contributed by atoms with Crippen molar-refractivity contribution in [2.24, 2.45) is 17.8 Å². The molecule has 0 bridgehead atoms. The largest absolute Gasteiger partial charge is 0.481 e. The fourth-order valence-corrected chi connectivity index (χ4v) is 6.29. The zero-order valence-corrected chi connectivity index (χ0v) is 22.3. The number of hydrogen-bond donors (Lipinski definition) is 1. The Hall–Kier alpha value is -1.60. The Labute approximate surface area is 218 Å². The summed E-state index contributed by atoms with van der Waals surface area (Å²) in [5, 5.41) is 10.9. The molecule has 192 valence electrons. The van der Waals surface area contributed by atoms with Crippen LogP contribution in [0.1, 0.15) is 62.1 Å². The van der Waals surface area contributed by atoms with Crippen LogP contribution in [0.15, 0.2) is 28.9 Å². The molecule has 8 heteroatoms. The molecule has 6 nitrogen and oxygen atoms in total. The second kappa shape index (κ2) is 12.1. The van der Waals surface area contributed by atoms with Crippen molar-refractivity contribution < 1.29 is 14.3 Å². The minimum Gasteiger partial charge on any atom is -0.481 e. The lowest BCUT2D eigenvalue weighted by atomic mass is 9.85. The maximum atomic E-state index is 11.6. The standard InChI is InChI=1S/C27H37Cl2N3O3/c1-3-4-20(27(33)34)11-19-7-9-31(10-8-19)14-22-15-32(13-21-5-6-23(28)12-25(21)29)16-24(22)26-30-18(2)17-35-26/h5-6,12,17,19-20,22,24H,3-4,7-11,13-16H2,1-2H3,(H,33,34)/t20?,22-,24-/m0/s1. The third-order valence-corrected chi connectivity index (χ3v) is 8.27. The van der Waals surface area contributed by atoms with E-state index in [1.54, 1.807) is 12.3 Å². The van der Waals surface area contributed by atoms with Crippen LogP contribution in [0, 0.1) is 24.7 Å². The Bertz CT molecular complexity index is 990. The van der Waals surface area contributed by atoms with Crippen LogP contribution in [-0.2, 0) is 11.3 Å². The fourth-order valence-electron chi connectivity index (χ4n) is 5.82. The first-order valence-electron chi connectivity index (χ1n) is 12.9. The summed E-state index contributed by atoms with van der Waals surface area (Å²) in [6.45, 7) is 9.71. The van der Waals surface area contributed by atoms with Crippen molar-refractivity contribution in [2.75, 3.05) is 32.7 Å². The van der Waals surface area contributed by atoms with Crippen LogP contribution in [0.2, 0.25) is 10.0 Å². The highest BCUT2D eigenvalue weighted by atomic mass is 35.5. The maximum Gasteiger partial charge on any atom is 0.306 e. The number of benzene rings is 1. The Morgan fingerprint density at radius 1 is 1.23 bits per heavy atom. The first-order chi connectivity index (χ1) is 16.8. The van der Waals surface area contributed by atoms with Crippen LogP contribution in [0.4, 0.5) is 0 Å². The Kier molecular flexibility index (Phi) is 9.14. The molecule has 35 heavy (non-hydrogen) atoms. The van der Waals surface area contributed by atoms with Crippen molar-refractivity contribution >= 4 is 29.2 Å². The van der Waals surface area contributed by atoms with Gasteiger partial charge in [-0.15, -0.1) is 0 Å². The van der Waals surface area contributed by atoms with E-state index < -0.39 is 5.97 Å². The molecular formula is C27H37Cl2N3O3. The smallest absolute Gasteiger partial charge is 0.306 e. The number of nitrogens with zero attached hydrogens (tertiary/aromatic N) is 3. The third kappa shape index (κ3) is 7.00. The van der Waals surface area contributed by atoms with Crippen molar-refractivity contribution in [1.29, 1.82) is 0 Å². The van der Waals surface area contributed by atoms with Gasteiger partial charge in [0.2, 0.25) is 0 Å². The third-order valence-electron chi connectivity index (χ3n) is 7.68. The topological polar surface area (TPSA) is 69.8 Å². The first-order valence-corrected chi connectivity index (χ1v) is 13.6. The quantitative estimate of drug-likeness (QED) is 0.406. The lowest BCUT2D eigenvalue weighted by molar-refractivity contribution is -0.142. The number of aromatic nitrogens is 1. The summed E-state index contributed by atoms with van der Waals surface area (Å²) >= 11 is 12.5. The zero-order chi connectivity index (χ0) is 24.9. The molecular weight excluding hydrogens is 485 g/mol. The minimum atomic E-state index is -0.634. The van der Waals surface area contributed by atoms with E-state index in [2.05, 4.69) is 21.7 Å². The van der Waals surface area contributed by atoms with Crippen molar-refractivity contribution in [1.82, 2.24) is 14.8 Å². The molecule has 2 aromatic rings. The van der Waals surface area contributed by atoms with Gasteiger partial charge in [-0.25, -0.2) is 4.98 Å². The molecule has 2 aliphatic rings. The van der Waals surface area contributed by atoms with Gasteiger partial charge in [0.15, 0.2) is 5.89 Å². The number of carboxylic acid groups (broad SMARTS) is 1. The minimum absolute atomic E-state index is 0.197. The summed E-state index contributed by atoms with van der Waals surface area (Å²) in [5.74, 6) is 1.17. The average molecular weight is 523 g/mol. The van der Waals surface area contributed by atoms with Gasteiger partial charge in [-0.05, 0) is 75.2 Å². The number of oxazole rings is 1. The summed E-state index contributed by atoms with van der Waals surface area (Å²) < 4.78 is 5.86. The van der Waals surface area contributed by atoms with Crippen LogP contribution < -0.4 is 0 Å². The molecule has 4 rings (SSSR count). The second-order valence-electron chi connectivity index (χ2n) is 10.4. The number of rotatable bonds is 10. The Balaban J connectivity index is 1.37. The second-order valence-corrected chi connectivity index (χ2v) is 11.3. The first kappa shape index (κ1) is 26.5. The number of likely N-dealkylation sites (tertiary alicyclic amines) is 2. The van der Waals surface area contributed by atoms with Gasteiger partial charge in [-0.1, -0.05) is 42.6 Å². The van der Waals surface area contributed by atoms with E-state index in [-0.39, 0.29) is 11.8 Å². The van der Waals surface area contributed by atoms with E-state index in [4.69, 9.17) is 27.6 Å². The molecule has 2 aliphatic heterocycles. The Morgan fingerprint density at radius 2 is 2.00 bits per heavy atom. The highest BCUT2D eigenvalue weighted by Gasteiger charge is 2.38. The molecule has 3 heterocycles. The van der Waals surface area contributed by atoms with E-state index in [1.165, 1.54) is 0 Å². The van der Waals surface area contributed by atoms with E-state index in [1.807, 2.05) is 19.1 Å². The number of carbonyl (C=O) groups is 1. The number of hydrogen-bond acceptors (Lipinski definition) is 5. The molecule has 0 aliphatic carbocycles. The van der Waals surface area contributed by atoms with E-state index in [9.17, 15) is 9.90 Å². The molecule has 3 atom stereocenters. The van der Waals surface area contributed by atoms with Gasteiger partial charge in [0.25, 0.3) is 0 Å². The predicted molar refractivity (Wildman–Crippen MR) is 139 cm³/mol. The van der Waals surface area contributed by atoms with E-state index in [0.717, 1.165) is 88.5 Å². The predicted octanol–water partition coefficient (Wildman–Crippen LogP) is 6.11. The number of aliphatic carboxylic acids is 1. The molecule has 1 aromatic carbocycles. The van der Waals surface area contributed by atoms with Gasteiger partial charge in [-0.2, -0.15) is 0 Å². The molecule has 0 radical (unpaired) electrons. The number of piperidine rings is 1. The highest BCUT2D eigenvalue weighted by molar-refractivity contribution is 6.35. The molecule has 0 amide bonds. The van der Waals surface area contributed by atoms with Crippen LogP contribution in [0.25, 0.3) is 0 Å². The van der Waals surface area contributed by atoms with Gasteiger partial charge < -0.3 is 14.4 Å². The molecule has 2 saturated heterocycles. The van der Waals surface area contributed by atoms with E-state index >= 15 is 0 Å². The summed E-state index contributed by atoms with van der Waals surface area (Å²) in [4.78, 5) is 21.3. The van der Waals surface area contributed by atoms with Crippen LogP contribution in [0.5, 0.6) is 0 Å². The monoisotopic (exact) mass is 521 g/mol.